The molecule has 0 N–H and O–H groups in total. The Balaban J connectivity index is 1.82. The predicted octanol–water partition coefficient (Wildman–Crippen LogP) is 4.07. The molecule has 0 aliphatic heterocycles. The fourth-order valence-electron chi connectivity index (χ4n) is 3.20. The lowest BCUT2D eigenvalue weighted by molar-refractivity contribution is -0.120. The number of nitrogens with zero attached hydrogens (tertiary/aromatic N) is 3. The Morgan fingerprint density at radius 3 is 2.42 bits per heavy atom. The van der Waals surface area contributed by atoms with Crippen molar-refractivity contribution >= 4 is 32.6 Å². The number of thiazole rings is 1. The molecule has 0 spiro atoms. The maximum absolute atomic E-state index is 13.2. The molecular formula is C23H29N3O4S. The maximum atomic E-state index is 13.2. The van der Waals surface area contributed by atoms with E-state index in [-0.39, 0.29) is 12.5 Å². The van der Waals surface area contributed by atoms with Crippen molar-refractivity contribution in [2.24, 2.45) is 0 Å². The summed E-state index contributed by atoms with van der Waals surface area (Å²) >= 11 is 1.47. The highest BCUT2D eigenvalue weighted by Crippen LogP contribution is 2.32. The van der Waals surface area contributed by atoms with Gasteiger partial charge in [-0.2, -0.15) is 0 Å². The first-order valence-electron chi connectivity index (χ1n) is 10.3. The monoisotopic (exact) mass is 443 g/mol. The molecule has 1 amide bonds. The third kappa shape index (κ3) is 5.65. The number of carbonyl (C=O) groups is 1. The van der Waals surface area contributed by atoms with Gasteiger partial charge in [-0.1, -0.05) is 37.3 Å². The van der Waals surface area contributed by atoms with Crippen molar-refractivity contribution in [2.75, 3.05) is 51.9 Å². The summed E-state index contributed by atoms with van der Waals surface area (Å²) < 4.78 is 17.4. The molecular weight excluding hydrogens is 414 g/mol. The van der Waals surface area contributed by atoms with Crippen molar-refractivity contribution in [1.82, 2.24) is 9.88 Å². The highest BCUT2D eigenvalue weighted by molar-refractivity contribution is 7.22. The Labute approximate surface area is 187 Å². The molecule has 31 heavy (non-hydrogen) atoms. The van der Waals surface area contributed by atoms with Crippen LogP contribution >= 0.6 is 11.3 Å². The van der Waals surface area contributed by atoms with Crippen molar-refractivity contribution in [3.05, 3.63) is 42.5 Å². The second-order valence-corrected chi connectivity index (χ2v) is 7.85. The van der Waals surface area contributed by atoms with Crippen molar-refractivity contribution < 1.29 is 19.0 Å². The van der Waals surface area contributed by atoms with E-state index in [9.17, 15) is 4.79 Å². The van der Waals surface area contributed by atoms with Crippen molar-refractivity contribution in [2.45, 2.75) is 13.8 Å². The minimum Gasteiger partial charge on any atom is -0.497 e. The molecule has 1 aromatic heterocycles. The molecule has 1 heterocycles. The predicted molar refractivity (Wildman–Crippen MR) is 125 cm³/mol. The van der Waals surface area contributed by atoms with Gasteiger partial charge in [0.05, 0.1) is 24.4 Å². The fraction of sp³-hybridized carbons (Fsp3) is 0.391. The van der Waals surface area contributed by atoms with Crippen LogP contribution in [0, 0.1) is 0 Å². The molecule has 2 aromatic carbocycles. The Bertz CT molecular complexity index is 1000. The molecule has 0 radical (unpaired) electrons. The number of carbonyl (C=O) groups excluding carboxylic acids is 1. The average Bonchev–Trinajstić information content (AvgIpc) is 3.23. The third-order valence-electron chi connectivity index (χ3n) is 5.07. The number of likely N-dealkylation sites (N-methyl/N-ethyl adjacent to an activating group) is 1. The van der Waals surface area contributed by atoms with Crippen LogP contribution in [-0.2, 0) is 4.79 Å². The van der Waals surface area contributed by atoms with Crippen LogP contribution in [0.3, 0.4) is 0 Å². The molecule has 0 aliphatic carbocycles. The lowest BCUT2D eigenvalue weighted by Crippen LogP contribution is -2.41. The number of benzene rings is 2. The zero-order valence-corrected chi connectivity index (χ0v) is 19.3. The van der Waals surface area contributed by atoms with Crippen LogP contribution in [0.25, 0.3) is 10.2 Å². The molecule has 0 unspecified atom stereocenters. The van der Waals surface area contributed by atoms with E-state index in [0.717, 1.165) is 35.6 Å². The SMILES string of the molecule is CCN(CC)CCN(C(=O)COc1ccccc1OC)c1nc2ccc(OC)cc2s1. The van der Waals surface area contributed by atoms with Crippen LogP contribution in [0.2, 0.25) is 0 Å². The van der Waals surface area contributed by atoms with Gasteiger partial charge in [0, 0.05) is 13.1 Å². The van der Waals surface area contributed by atoms with Gasteiger partial charge in [-0.3, -0.25) is 9.69 Å². The normalized spacial score (nSPS) is 11.0. The lowest BCUT2D eigenvalue weighted by Gasteiger charge is -2.24. The zero-order chi connectivity index (χ0) is 22.2. The summed E-state index contributed by atoms with van der Waals surface area (Å²) in [6, 6.07) is 13.0. The number of hydrogen-bond donors (Lipinski definition) is 0. The first kappa shape index (κ1) is 22.8. The smallest absolute Gasteiger partial charge is 0.266 e. The summed E-state index contributed by atoms with van der Waals surface area (Å²) in [5, 5.41) is 0.657. The van der Waals surface area contributed by atoms with Gasteiger partial charge in [-0.15, -0.1) is 0 Å². The van der Waals surface area contributed by atoms with Crippen LogP contribution in [0.5, 0.6) is 17.2 Å². The highest BCUT2D eigenvalue weighted by Gasteiger charge is 2.21. The van der Waals surface area contributed by atoms with Gasteiger partial charge in [0.25, 0.3) is 5.91 Å². The van der Waals surface area contributed by atoms with Gasteiger partial charge in [-0.25, -0.2) is 4.98 Å². The van der Waals surface area contributed by atoms with Crippen LogP contribution in [0.15, 0.2) is 42.5 Å². The summed E-state index contributed by atoms with van der Waals surface area (Å²) in [4.78, 5) is 21.9. The zero-order valence-electron chi connectivity index (χ0n) is 18.5. The van der Waals surface area contributed by atoms with Gasteiger partial charge in [0.15, 0.2) is 23.2 Å². The Hall–Kier alpha value is -2.84. The first-order chi connectivity index (χ1) is 15.1. The molecule has 0 saturated carbocycles. The van der Waals surface area contributed by atoms with Crippen molar-refractivity contribution in [3.63, 3.8) is 0 Å². The minimum atomic E-state index is -0.149. The molecule has 0 atom stereocenters. The van der Waals surface area contributed by atoms with E-state index >= 15 is 0 Å². The van der Waals surface area contributed by atoms with E-state index in [2.05, 4.69) is 18.7 Å². The topological polar surface area (TPSA) is 64.1 Å². The van der Waals surface area contributed by atoms with E-state index in [4.69, 9.17) is 19.2 Å². The third-order valence-corrected chi connectivity index (χ3v) is 6.11. The number of para-hydroxylation sites is 2. The van der Waals surface area contributed by atoms with E-state index in [0.29, 0.717) is 23.2 Å². The summed E-state index contributed by atoms with van der Waals surface area (Å²) in [5.41, 5.74) is 0.840. The van der Waals surface area contributed by atoms with Gasteiger partial charge >= 0.3 is 0 Å². The number of ether oxygens (including phenoxy) is 3. The molecule has 166 valence electrons. The number of anilines is 1. The maximum Gasteiger partial charge on any atom is 0.266 e. The molecule has 3 rings (SSSR count). The molecule has 0 aliphatic rings. The number of amides is 1. The van der Waals surface area contributed by atoms with E-state index in [1.165, 1.54) is 11.3 Å². The Kier molecular flexibility index (Phi) is 8.08. The molecule has 3 aromatic rings. The van der Waals surface area contributed by atoms with Gasteiger partial charge in [-0.05, 0) is 43.4 Å². The molecule has 0 fully saturated rings. The molecule has 8 heteroatoms. The second-order valence-electron chi connectivity index (χ2n) is 6.84. The summed E-state index contributed by atoms with van der Waals surface area (Å²) in [6.07, 6.45) is 0. The average molecular weight is 444 g/mol. The van der Waals surface area contributed by atoms with E-state index in [1.54, 1.807) is 31.3 Å². The highest BCUT2D eigenvalue weighted by atomic mass is 32.1. The number of rotatable bonds is 11. The quantitative estimate of drug-likeness (QED) is 0.445. The second kappa shape index (κ2) is 11.0. The largest absolute Gasteiger partial charge is 0.497 e. The van der Waals surface area contributed by atoms with Crippen LogP contribution in [-0.4, -0.2) is 62.8 Å². The molecule has 0 saturated heterocycles. The van der Waals surface area contributed by atoms with Crippen molar-refractivity contribution in [1.29, 1.82) is 0 Å². The lowest BCUT2D eigenvalue weighted by atomic mass is 10.3. The standard InChI is InChI=1S/C23H29N3O4S/c1-5-25(6-2)13-14-26(22(27)16-30-20-10-8-7-9-19(20)29-4)23-24-18-12-11-17(28-3)15-21(18)31-23/h7-12,15H,5-6,13-14,16H2,1-4H3. The van der Waals surface area contributed by atoms with Crippen LogP contribution < -0.4 is 19.1 Å². The number of aromatic nitrogens is 1. The molecule has 7 nitrogen and oxygen atoms in total. The number of methoxy groups -OCH3 is 2. The van der Waals surface area contributed by atoms with Gasteiger partial charge < -0.3 is 19.1 Å². The molecule has 0 bridgehead atoms. The fourth-order valence-corrected chi connectivity index (χ4v) is 4.24. The number of fused-ring (bicyclic) bond motifs is 1. The number of hydrogen-bond acceptors (Lipinski definition) is 7. The van der Waals surface area contributed by atoms with Gasteiger partial charge in [0.1, 0.15) is 5.75 Å². The summed E-state index contributed by atoms with van der Waals surface area (Å²) in [7, 11) is 3.22. The minimum absolute atomic E-state index is 0.0993. The van der Waals surface area contributed by atoms with Gasteiger partial charge in [0.2, 0.25) is 0 Å². The van der Waals surface area contributed by atoms with E-state index < -0.39 is 0 Å². The summed E-state index contributed by atoms with van der Waals surface area (Å²) in [5.74, 6) is 1.75. The Morgan fingerprint density at radius 1 is 1.00 bits per heavy atom. The first-order valence-corrected chi connectivity index (χ1v) is 11.1. The van der Waals surface area contributed by atoms with Crippen LogP contribution in [0.1, 0.15) is 13.8 Å². The van der Waals surface area contributed by atoms with E-state index in [1.807, 2.05) is 30.3 Å². The Morgan fingerprint density at radius 2 is 1.74 bits per heavy atom. The van der Waals surface area contributed by atoms with Crippen LogP contribution in [0.4, 0.5) is 5.13 Å². The summed E-state index contributed by atoms with van der Waals surface area (Å²) in [6.45, 7) is 7.27. The van der Waals surface area contributed by atoms with Crippen molar-refractivity contribution in [3.8, 4) is 17.2 Å².